The predicted molar refractivity (Wildman–Crippen MR) is 85.2 cm³/mol. The number of rotatable bonds is 3. The van der Waals surface area contributed by atoms with E-state index < -0.39 is 0 Å². The van der Waals surface area contributed by atoms with Crippen LogP contribution in [0.1, 0.15) is 21.7 Å². The molecule has 2 aromatic heterocycles. The Kier molecular flexibility index (Phi) is 3.70. The van der Waals surface area contributed by atoms with E-state index in [9.17, 15) is 4.79 Å². The van der Waals surface area contributed by atoms with Gasteiger partial charge in [-0.05, 0) is 44.2 Å². The van der Waals surface area contributed by atoms with Crippen molar-refractivity contribution in [3.05, 3.63) is 71.7 Å². The summed E-state index contributed by atoms with van der Waals surface area (Å²) in [5.41, 5.74) is 3.21. The maximum atomic E-state index is 12.2. The molecule has 3 aromatic rings. The fourth-order valence-corrected chi connectivity index (χ4v) is 2.23. The number of carbonyl (C=O) groups is 1. The summed E-state index contributed by atoms with van der Waals surface area (Å²) < 4.78 is 1.76. The molecule has 0 fully saturated rings. The van der Waals surface area contributed by atoms with Crippen LogP contribution in [-0.2, 0) is 0 Å². The molecule has 1 amide bonds. The summed E-state index contributed by atoms with van der Waals surface area (Å²) in [7, 11) is 0. The van der Waals surface area contributed by atoms with Gasteiger partial charge in [0.05, 0.1) is 11.3 Å². The summed E-state index contributed by atoms with van der Waals surface area (Å²) in [5.74, 6) is 0.514. The minimum Gasteiger partial charge on any atom is -0.322 e. The molecule has 110 valence electrons. The third kappa shape index (κ3) is 2.88. The Morgan fingerprint density at radius 2 is 1.86 bits per heavy atom. The summed E-state index contributed by atoms with van der Waals surface area (Å²) in [4.78, 5) is 16.5. The Morgan fingerprint density at radius 1 is 1.09 bits per heavy atom. The predicted octanol–water partition coefficient (Wildman–Crippen LogP) is 3.14. The first-order valence-electron chi connectivity index (χ1n) is 6.99. The number of nitrogens with zero attached hydrogens (tertiary/aromatic N) is 3. The summed E-state index contributed by atoms with van der Waals surface area (Å²) >= 11 is 0. The normalized spacial score (nSPS) is 10.5. The minimum absolute atomic E-state index is 0.182. The molecule has 0 atom stereocenters. The molecule has 2 heterocycles. The van der Waals surface area contributed by atoms with E-state index in [0.717, 1.165) is 17.1 Å². The van der Waals surface area contributed by atoms with Crippen LogP contribution in [0.5, 0.6) is 0 Å². The van der Waals surface area contributed by atoms with Gasteiger partial charge in [-0.2, -0.15) is 5.10 Å². The zero-order valence-electron chi connectivity index (χ0n) is 12.4. The average molecular weight is 292 g/mol. The largest absolute Gasteiger partial charge is 0.322 e. The first-order valence-corrected chi connectivity index (χ1v) is 6.99. The number of aromatic nitrogens is 3. The zero-order chi connectivity index (χ0) is 15.5. The highest BCUT2D eigenvalue weighted by Gasteiger charge is 2.09. The van der Waals surface area contributed by atoms with Crippen LogP contribution in [0.4, 0.5) is 5.69 Å². The van der Waals surface area contributed by atoms with Gasteiger partial charge < -0.3 is 5.32 Å². The number of hydrogen-bond donors (Lipinski definition) is 1. The first kappa shape index (κ1) is 14.0. The van der Waals surface area contributed by atoms with Crippen LogP contribution in [0.2, 0.25) is 0 Å². The number of amides is 1. The van der Waals surface area contributed by atoms with Gasteiger partial charge in [0.1, 0.15) is 0 Å². The minimum atomic E-state index is -0.182. The molecule has 1 aromatic carbocycles. The van der Waals surface area contributed by atoms with Gasteiger partial charge in [-0.25, -0.2) is 9.67 Å². The highest BCUT2D eigenvalue weighted by Crippen LogP contribution is 2.12. The molecule has 3 rings (SSSR count). The van der Waals surface area contributed by atoms with Gasteiger partial charge in [-0.3, -0.25) is 4.79 Å². The lowest BCUT2D eigenvalue weighted by Crippen LogP contribution is -2.12. The molecular weight excluding hydrogens is 276 g/mol. The lowest BCUT2D eigenvalue weighted by atomic mass is 10.2. The van der Waals surface area contributed by atoms with E-state index in [2.05, 4.69) is 15.4 Å². The van der Waals surface area contributed by atoms with Crippen molar-refractivity contribution in [2.24, 2.45) is 0 Å². The van der Waals surface area contributed by atoms with E-state index >= 15 is 0 Å². The molecule has 0 saturated carbocycles. The third-order valence-electron chi connectivity index (χ3n) is 3.27. The highest BCUT2D eigenvalue weighted by atomic mass is 16.1. The second-order valence-electron chi connectivity index (χ2n) is 5.06. The molecule has 0 radical (unpaired) electrons. The Labute approximate surface area is 128 Å². The first-order chi connectivity index (χ1) is 10.6. The van der Waals surface area contributed by atoms with Crippen LogP contribution < -0.4 is 5.32 Å². The van der Waals surface area contributed by atoms with Crippen LogP contribution in [0, 0.1) is 13.8 Å². The lowest BCUT2D eigenvalue weighted by Gasteiger charge is -2.06. The number of hydrogen-bond acceptors (Lipinski definition) is 3. The second-order valence-corrected chi connectivity index (χ2v) is 5.06. The maximum absolute atomic E-state index is 12.2. The topological polar surface area (TPSA) is 59.8 Å². The van der Waals surface area contributed by atoms with Crippen LogP contribution in [0.25, 0.3) is 5.82 Å². The summed E-state index contributed by atoms with van der Waals surface area (Å²) in [6.07, 6.45) is 1.56. The van der Waals surface area contributed by atoms with Gasteiger partial charge in [0.25, 0.3) is 5.91 Å². The monoisotopic (exact) mass is 292 g/mol. The standard InChI is InChI=1S/C17H16N4O/c1-12-10-13(2)21(20-12)16-9-8-14(11-18-16)17(22)19-15-6-4-3-5-7-15/h3-11H,1-2H3,(H,19,22). The van der Waals surface area contributed by atoms with Gasteiger partial charge in [0.2, 0.25) is 0 Å². The third-order valence-corrected chi connectivity index (χ3v) is 3.27. The van der Waals surface area contributed by atoms with Crippen molar-refractivity contribution in [2.45, 2.75) is 13.8 Å². The summed E-state index contributed by atoms with van der Waals surface area (Å²) in [6, 6.07) is 14.9. The van der Waals surface area contributed by atoms with Crippen molar-refractivity contribution in [3.8, 4) is 5.82 Å². The van der Waals surface area contributed by atoms with E-state index in [4.69, 9.17) is 0 Å². The molecule has 0 aliphatic heterocycles. The SMILES string of the molecule is Cc1cc(C)n(-c2ccc(C(=O)Nc3ccccc3)cn2)n1. The lowest BCUT2D eigenvalue weighted by molar-refractivity contribution is 0.102. The molecule has 0 spiro atoms. The van der Waals surface area contributed by atoms with Gasteiger partial charge in [0, 0.05) is 17.6 Å². The number of nitrogens with one attached hydrogen (secondary N) is 1. The van der Waals surface area contributed by atoms with E-state index in [-0.39, 0.29) is 5.91 Å². The van der Waals surface area contributed by atoms with E-state index in [0.29, 0.717) is 11.4 Å². The Hall–Kier alpha value is -2.95. The Bertz CT molecular complexity index is 791. The van der Waals surface area contributed by atoms with Crippen molar-refractivity contribution < 1.29 is 4.79 Å². The van der Waals surface area contributed by atoms with Crippen LogP contribution in [-0.4, -0.2) is 20.7 Å². The quantitative estimate of drug-likeness (QED) is 0.806. The van der Waals surface area contributed by atoms with Crippen LogP contribution >= 0.6 is 0 Å². The number of benzene rings is 1. The molecule has 1 N–H and O–H groups in total. The van der Waals surface area contributed by atoms with Crippen molar-refractivity contribution in [2.75, 3.05) is 5.32 Å². The molecular formula is C17H16N4O. The Morgan fingerprint density at radius 3 is 2.45 bits per heavy atom. The maximum Gasteiger partial charge on any atom is 0.257 e. The van der Waals surface area contributed by atoms with Gasteiger partial charge >= 0.3 is 0 Å². The molecule has 22 heavy (non-hydrogen) atoms. The molecule has 0 aliphatic carbocycles. The van der Waals surface area contributed by atoms with E-state index in [1.165, 1.54) is 0 Å². The summed E-state index contributed by atoms with van der Waals surface area (Å²) in [6.45, 7) is 3.91. The van der Waals surface area contributed by atoms with Crippen LogP contribution in [0.3, 0.4) is 0 Å². The second kappa shape index (κ2) is 5.81. The molecule has 0 unspecified atom stereocenters. The zero-order valence-corrected chi connectivity index (χ0v) is 12.4. The van der Waals surface area contributed by atoms with Gasteiger partial charge in [-0.1, -0.05) is 18.2 Å². The molecule has 5 nitrogen and oxygen atoms in total. The van der Waals surface area contributed by atoms with Crippen LogP contribution in [0.15, 0.2) is 54.7 Å². The fraction of sp³-hybridized carbons (Fsp3) is 0.118. The summed E-state index contributed by atoms with van der Waals surface area (Å²) in [5, 5.41) is 7.21. The molecule has 0 saturated heterocycles. The van der Waals surface area contributed by atoms with Crippen molar-refractivity contribution in [1.29, 1.82) is 0 Å². The molecule has 0 bridgehead atoms. The smallest absolute Gasteiger partial charge is 0.257 e. The number of pyridine rings is 1. The number of anilines is 1. The molecule has 0 aliphatic rings. The van der Waals surface area contributed by atoms with Gasteiger partial charge in [-0.15, -0.1) is 0 Å². The average Bonchev–Trinajstić information content (AvgIpc) is 2.87. The van der Waals surface area contributed by atoms with E-state index in [1.807, 2.05) is 50.2 Å². The number of para-hydroxylation sites is 1. The number of carbonyl (C=O) groups excluding carboxylic acids is 1. The van der Waals surface area contributed by atoms with E-state index in [1.54, 1.807) is 23.0 Å². The van der Waals surface area contributed by atoms with Crippen molar-refractivity contribution in [1.82, 2.24) is 14.8 Å². The van der Waals surface area contributed by atoms with Crippen molar-refractivity contribution >= 4 is 11.6 Å². The van der Waals surface area contributed by atoms with Gasteiger partial charge in [0.15, 0.2) is 5.82 Å². The highest BCUT2D eigenvalue weighted by molar-refractivity contribution is 6.04. The molecule has 5 heteroatoms. The number of aryl methyl sites for hydroxylation is 2. The van der Waals surface area contributed by atoms with Crippen molar-refractivity contribution in [3.63, 3.8) is 0 Å². The Balaban J connectivity index is 1.79. The fourth-order valence-electron chi connectivity index (χ4n) is 2.23.